The van der Waals surface area contributed by atoms with Crippen molar-refractivity contribution in [1.29, 1.82) is 0 Å². The van der Waals surface area contributed by atoms with Crippen LogP contribution in [-0.2, 0) is 16.2 Å². The summed E-state index contributed by atoms with van der Waals surface area (Å²) in [5.74, 6) is 0. The van der Waals surface area contributed by atoms with Crippen molar-refractivity contribution >= 4 is 10.0 Å². The topological polar surface area (TPSA) is 63.4 Å². The van der Waals surface area contributed by atoms with Crippen molar-refractivity contribution in [2.24, 2.45) is 5.73 Å². The SMILES string of the molecule is NC1CCN(S(=O)(=O)c2cccc(C(F)(F)F)c2)C1. The van der Waals surface area contributed by atoms with Crippen LogP contribution in [-0.4, -0.2) is 31.9 Å². The van der Waals surface area contributed by atoms with Crippen LogP contribution in [0.1, 0.15) is 12.0 Å². The Bertz CT molecular complexity index is 572. The highest BCUT2D eigenvalue weighted by Gasteiger charge is 2.34. The van der Waals surface area contributed by atoms with Gasteiger partial charge in [-0.05, 0) is 24.6 Å². The summed E-state index contributed by atoms with van der Waals surface area (Å²) in [5.41, 5.74) is 4.64. The molecule has 8 heteroatoms. The fourth-order valence-corrected chi connectivity index (χ4v) is 3.51. The number of rotatable bonds is 2. The Morgan fingerprint density at radius 3 is 2.53 bits per heavy atom. The van der Waals surface area contributed by atoms with E-state index in [1.165, 1.54) is 0 Å². The zero-order valence-corrected chi connectivity index (χ0v) is 10.7. The average Bonchev–Trinajstić information content (AvgIpc) is 2.76. The summed E-state index contributed by atoms with van der Waals surface area (Å²) >= 11 is 0. The van der Waals surface area contributed by atoms with E-state index >= 15 is 0 Å². The van der Waals surface area contributed by atoms with Gasteiger partial charge in [0.2, 0.25) is 10.0 Å². The first kappa shape index (κ1) is 14.3. The molecule has 0 amide bonds. The van der Waals surface area contributed by atoms with E-state index in [1.54, 1.807) is 0 Å². The van der Waals surface area contributed by atoms with Crippen molar-refractivity contribution in [1.82, 2.24) is 4.31 Å². The molecule has 1 atom stereocenters. The molecule has 1 unspecified atom stereocenters. The van der Waals surface area contributed by atoms with Crippen LogP contribution >= 0.6 is 0 Å². The minimum Gasteiger partial charge on any atom is -0.326 e. The number of hydrogen-bond acceptors (Lipinski definition) is 3. The maximum absolute atomic E-state index is 12.6. The van der Waals surface area contributed by atoms with Crippen LogP contribution in [0.4, 0.5) is 13.2 Å². The van der Waals surface area contributed by atoms with E-state index in [1.807, 2.05) is 0 Å². The van der Waals surface area contributed by atoms with Crippen LogP contribution in [0.5, 0.6) is 0 Å². The third-order valence-corrected chi connectivity index (χ3v) is 4.85. The van der Waals surface area contributed by atoms with Crippen LogP contribution in [0, 0.1) is 0 Å². The Balaban J connectivity index is 2.36. The van der Waals surface area contributed by atoms with Crippen molar-refractivity contribution in [2.75, 3.05) is 13.1 Å². The van der Waals surface area contributed by atoms with Gasteiger partial charge in [-0.2, -0.15) is 17.5 Å². The zero-order chi connectivity index (χ0) is 14.3. The number of nitrogens with two attached hydrogens (primary N) is 1. The molecule has 0 aliphatic carbocycles. The van der Waals surface area contributed by atoms with Crippen molar-refractivity contribution in [3.8, 4) is 0 Å². The van der Waals surface area contributed by atoms with Gasteiger partial charge in [0.1, 0.15) is 0 Å². The summed E-state index contributed by atoms with van der Waals surface area (Å²) in [6, 6.07) is 3.48. The van der Waals surface area contributed by atoms with E-state index in [2.05, 4.69) is 0 Å². The molecule has 2 rings (SSSR count). The van der Waals surface area contributed by atoms with Crippen molar-refractivity contribution in [3.05, 3.63) is 29.8 Å². The van der Waals surface area contributed by atoms with Gasteiger partial charge < -0.3 is 5.73 Å². The van der Waals surface area contributed by atoms with Crippen LogP contribution in [0.3, 0.4) is 0 Å². The van der Waals surface area contributed by atoms with Gasteiger partial charge in [-0.25, -0.2) is 8.42 Å². The molecule has 1 aromatic rings. The number of benzene rings is 1. The smallest absolute Gasteiger partial charge is 0.326 e. The third kappa shape index (κ3) is 2.90. The molecule has 19 heavy (non-hydrogen) atoms. The second-order valence-corrected chi connectivity index (χ2v) is 6.38. The lowest BCUT2D eigenvalue weighted by atomic mass is 10.2. The first-order valence-electron chi connectivity index (χ1n) is 5.64. The van der Waals surface area contributed by atoms with Gasteiger partial charge in [0.05, 0.1) is 10.5 Å². The molecule has 1 aliphatic rings. The third-order valence-electron chi connectivity index (χ3n) is 2.99. The predicted octanol–water partition coefficient (Wildman–Crippen LogP) is 1.43. The largest absolute Gasteiger partial charge is 0.416 e. The number of sulfonamides is 1. The molecule has 0 aromatic heterocycles. The Kier molecular flexibility index (Phi) is 3.59. The van der Waals surface area contributed by atoms with Crippen molar-refractivity contribution in [3.63, 3.8) is 0 Å². The first-order chi connectivity index (χ1) is 8.71. The van der Waals surface area contributed by atoms with Gasteiger partial charge in [-0.3, -0.25) is 0 Å². The fourth-order valence-electron chi connectivity index (χ4n) is 1.95. The zero-order valence-electron chi connectivity index (χ0n) is 9.89. The quantitative estimate of drug-likeness (QED) is 0.897. The van der Waals surface area contributed by atoms with E-state index in [9.17, 15) is 21.6 Å². The van der Waals surface area contributed by atoms with Gasteiger partial charge >= 0.3 is 6.18 Å². The fraction of sp³-hybridized carbons (Fsp3) is 0.455. The Hall–Kier alpha value is -1.12. The van der Waals surface area contributed by atoms with Crippen LogP contribution < -0.4 is 5.73 Å². The van der Waals surface area contributed by atoms with Crippen LogP contribution in [0.25, 0.3) is 0 Å². The minimum absolute atomic E-state index is 0.137. The van der Waals surface area contributed by atoms with E-state index in [0.717, 1.165) is 22.5 Å². The van der Waals surface area contributed by atoms with Gasteiger partial charge in [0, 0.05) is 19.1 Å². The maximum Gasteiger partial charge on any atom is 0.416 e. The minimum atomic E-state index is -4.56. The monoisotopic (exact) mass is 294 g/mol. The first-order valence-corrected chi connectivity index (χ1v) is 7.08. The molecule has 4 nitrogen and oxygen atoms in total. The molecule has 1 saturated heterocycles. The normalized spacial score (nSPS) is 21.8. The standard InChI is InChI=1S/C11H13F3N2O2S/c12-11(13,14)8-2-1-3-10(6-8)19(17,18)16-5-4-9(15)7-16/h1-3,6,9H,4-5,7,15H2. The number of alkyl halides is 3. The van der Waals surface area contributed by atoms with Gasteiger partial charge in [0.25, 0.3) is 0 Å². The van der Waals surface area contributed by atoms with Crippen molar-refractivity contribution in [2.45, 2.75) is 23.5 Å². The molecule has 1 aliphatic heterocycles. The number of nitrogens with zero attached hydrogens (tertiary/aromatic N) is 1. The highest BCUT2D eigenvalue weighted by molar-refractivity contribution is 7.89. The van der Waals surface area contributed by atoms with Gasteiger partial charge in [0.15, 0.2) is 0 Å². The molecule has 1 fully saturated rings. The lowest BCUT2D eigenvalue weighted by Crippen LogP contribution is -2.32. The predicted molar refractivity (Wildman–Crippen MR) is 62.8 cm³/mol. The lowest BCUT2D eigenvalue weighted by molar-refractivity contribution is -0.137. The molecule has 1 aromatic carbocycles. The highest BCUT2D eigenvalue weighted by atomic mass is 32.2. The maximum atomic E-state index is 12.6. The van der Waals surface area contributed by atoms with Crippen LogP contribution in [0.15, 0.2) is 29.2 Å². The molecule has 1 heterocycles. The summed E-state index contributed by atoms with van der Waals surface area (Å²) in [6.45, 7) is 0.373. The second-order valence-electron chi connectivity index (χ2n) is 4.44. The number of halogens is 3. The molecule has 0 saturated carbocycles. The lowest BCUT2D eigenvalue weighted by Gasteiger charge is -2.17. The average molecular weight is 294 g/mol. The summed E-state index contributed by atoms with van der Waals surface area (Å²) in [7, 11) is -3.90. The van der Waals surface area contributed by atoms with E-state index in [0.29, 0.717) is 12.5 Å². The van der Waals surface area contributed by atoms with Gasteiger partial charge in [-0.1, -0.05) is 6.07 Å². The van der Waals surface area contributed by atoms with Crippen molar-refractivity contribution < 1.29 is 21.6 Å². The Labute approximate surface area is 109 Å². The van der Waals surface area contributed by atoms with E-state index in [-0.39, 0.29) is 24.0 Å². The molecule has 0 radical (unpaired) electrons. The molecule has 0 bridgehead atoms. The molecule has 0 spiro atoms. The Morgan fingerprint density at radius 1 is 1.32 bits per heavy atom. The molecular formula is C11H13F3N2O2S. The van der Waals surface area contributed by atoms with Gasteiger partial charge in [-0.15, -0.1) is 0 Å². The summed E-state index contributed by atoms with van der Waals surface area (Å²) < 4.78 is 63.1. The molecule has 2 N–H and O–H groups in total. The molecular weight excluding hydrogens is 281 g/mol. The summed E-state index contributed by atoms with van der Waals surface area (Å²) in [4.78, 5) is -0.351. The Morgan fingerprint density at radius 2 is 2.00 bits per heavy atom. The second kappa shape index (κ2) is 4.77. The highest BCUT2D eigenvalue weighted by Crippen LogP contribution is 2.31. The van der Waals surface area contributed by atoms with E-state index < -0.39 is 21.8 Å². The van der Waals surface area contributed by atoms with E-state index in [4.69, 9.17) is 5.73 Å². The van der Waals surface area contributed by atoms with Crippen LogP contribution in [0.2, 0.25) is 0 Å². The summed E-state index contributed by atoms with van der Waals surface area (Å²) in [5, 5.41) is 0. The molecule has 106 valence electrons. The summed E-state index contributed by atoms with van der Waals surface area (Å²) in [6.07, 6.45) is -4.05. The number of hydrogen-bond donors (Lipinski definition) is 1.